The first-order chi connectivity index (χ1) is 11.0. The van der Waals surface area contributed by atoms with Gasteiger partial charge in [-0.2, -0.15) is 5.10 Å². The predicted octanol–water partition coefficient (Wildman–Crippen LogP) is -0.501. The lowest BCUT2D eigenvalue weighted by Gasteiger charge is -2.10. The molecule has 6 nitrogen and oxygen atoms in total. The molecule has 0 aliphatic heterocycles. The Hall–Kier alpha value is -2.77. The minimum Gasteiger partial charge on any atom is -0.288 e. The molecule has 0 saturated carbocycles. The number of para-hydroxylation sites is 1. The maximum Gasteiger partial charge on any atom is 0.241 e. The van der Waals surface area contributed by atoms with E-state index >= 15 is 0 Å². The predicted molar refractivity (Wildman–Crippen MR) is 85.0 cm³/mol. The lowest BCUT2D eigenvalue weighted by atomic mass is 9.99. The van der Waals surface area contributed by atoms with Crippen molar-refractivity contribution in [1.29, 1.82) is 0 Å². The van der Waals surface area contributed by atoms with Gasteiger partial charge in [0.25, 0.3) is 0 Å². The van der Waals surface area contributed by atoms with E-state index in [0.717, 1.165) is 11.0 Å². The number of carbonyl (C=O) groups excluding carboxylic acids is 1. The molecule has 0 saturated heterocycles. The second-order valence-electron chi connectivity index (χ2n) is 5.24. The van der Waals surface area contributed by atoms with Crippen molar-refractivity contribution in [3.05, 3.63) is 69.7 Å². The van der Waals surface area contributed by atoms with Gasteiger partial charge >= 0.3 is 0 Å². The van der Waals surface area contributed by atoms with Gasteiger partial charge in [0.15, 0.2) is 0 Å². The molecule has 2 aliphatic rings. The van der Waals surface area contributed by atoms with Gasteiger partial charge in [-0.1, -0.05) is 24.3 Å². The van der Waals surface area contributed by atoms with Crippen LogP contribution in [0.15, 0.2) is 59.2 Å². The Morgan fingerprint density at radius 1 is 1.09 bits per heavy atom. The summed E-state index contributed by atoms with van der Waals surface area (Å²) >= 11 is 0. The van der Waals surface area contributed by atoms with Crippen LogP contribution in [0.2, 0.25) is 0 Å². The van der Waals surface area contributed by atoms with Crippen molar-refractivity contribution in [1.82, 2.24) is 9.78 Å². The molecule has 0 amide bonds. The number of ketones is 1. The van der Waals surface area contributed by atoms with Crippen LogP contribution in [-0.4, -0.2) is 24.0 Å². The molecule has 114 valence electrons. The SMILES string of the molecule is NS(=O)(=O)C1=CC=C2C=c3c(cnn3-c3ccccc3)=C2C1=O. The highest BCUT2D eigenvalue weighted by atomic mass is 32.2. The van der Waals surface area contributed by atoms with Crippen LogP contribution in [-0.2, 0) is 14.8 Å². The van der Waals surface area contributed by atoms with Crippen LogP contribution in [0.1, 0.15) is 0 Å². The molecular weight excluding hydrogens is 314 g/mol. The number of aromatic nitrogens is 2. The Kier molecular flexibility index (Phi) is 2.78. The fourth-order valence-electron chi connectivity index (χ4n) is 2.81. The fourth-order valence-corrected chi connectivity index (χ4v) is 3.43. The summed E-state index contributed by atoms with van der Waals surface area (Å²) in [7, 11) is -4.06. The molecule has 0 atom stereocenters. The van der Waals surface area contributed by atoms with Gasteiger partial charge in [-0.25, -0.2) is 18.2 Å². The Labute approximate surface area is 131 Å². The molecule has 7 heteroatoms. The molecule has 0 unspecified atom stereocenters. The summed E-state index contributed by atoms with van der Waals surface area (Å²) < 4.78 is 24.8. The summed E-state index contributed by atoms with van der Waals surface area (Å²) in [5.41, 5.74) is 1.85. The van der Waals surface area contributed by atoms with Gasteiger partial charge in [-0.05, 0) is 29.9 Å². The van der Waals surface area contributed by atoms with E-state index in [4.69, 9.17) is 5.14 Å². The third-order valence-corrected chi connectivity index (χ3v) is 4.76. The number of primary sulfonamides is 1. The molecule has 23 heavy (non-hydrogen) atoms. The number of Topliss-reactive ketones (excluding diaryl/α,β-unsaturated/α-hetero) is 1. The summed E-state index contributed by atoms with van der Waals surface area (Å²) in [6.07, 6.45) is 6.23. The Balaban J connectivity index is 1.98. The smallest absolute Gasteiger partial charge is 0.241 e. The molecule has 0 bridgehead atoms. The number of nitrogens with zero attached hydrogens (tertiary/aromatic N) is 2. The van der Waals surface area contributed by atoms with Gasteiger partial charge in [-0.3, -0.25) is 4.79 Å². The molecular formula is C16H11N3O3S. The summed E-state index contributed by atoms with van der Waals surface area (Å²) in [6, 6.07) is 9.49. The highest BCUT2D eigenvalue weighted by molar-refractivity contribution is 7.94. The molecule has 0 radical (unpaired) electrons. The minimum atomic E-state index is -4.06. The van der Waals surface area contributed by atoms with Crippen molar-refractivity contribution in [2.24, 2.45) is 5.14 Å². The van der Waals surface area contributed by atoms with Gasteiger partial charge < -0.3 is 0 Å². The molecule has 1 heterocycles. The maximum absolute atomic E-state index is 12.5. The van der Waals surface area contributed by atoms with E-state index in [1.807, 2.05) is 36.4 Å². The van der Waals surface area contributed by atoms with Crippen LogP contribution in [0.4, 0.5) is 0 Å². The number of carbonyl (C=O) groups is 1. The maximum atomic E-state index is 12.5. The fraction of sp³-hybridized carbons (Fsp3) is 0. The number of sulfonamides is 1. The first kappa shape index (κ1) is 13.9. The van der Waals surface area contributed by atoms with Gasteiger partial charge in [0.05, 0.1) is 17.2 Å². The number of allylic oxidation sites excluding steroid dienone is 4. The Bertz CT molecular complexity index is 1140. The van der Waals surface area contributed by atoms with E-state index in [1.54, 1.807) is 17.0 Å². The normalized spacial score (nSPS) is 16.4. The van der Waals surface area contributed by atoms with Crippen LogP contribution in [0.25, 0.3) is 17.3 Å². The first-order valence-corrected chi connectivity index (χ1v) is 8.37. The van der Waals surface area contributed by atoms with Crippen molar-refractivity contribution < 1.29 is 13.2 Å². The third-order valence-electron chi connectivity index (χ3n) is 3.83. The highest BCUT2D eigenvalue weighted by Crippen LogP contribution is 2.26. The van der Waals surface area contributed by atoms with Crippen molar-refractivity contribution in [3.63, 3.8) is 0 Å². The summed E-state index contributed by atoms with van der Waals surface area (Å²) in [5, 5.41) is 10.8. The van der Waals surface area contributed by atoms with Crippen molar-refractivity contribution in [3.8, 4) is 5.69 Å². The first-order valence-electron chi connectivity index (χ1n) is 6.82. The number of fused-ring (bicyclic) bond motifs is 2. The molecule has 0 fully saturated rings. The molecule has 4 rings (SSSR count). The summed E-state index contributed by atoms with van der Waals surface area (Å²) in [6.45, 7) is 0. The zero-order chi connectivity index (χ0) is 16.2. The average Bonchev–Trinajstić information content (AvgIpc) is 3.05. The van der Waals surface area contributed by atoms with Gasteiger partial charge in [0, 0.05) is 10.8 Å². The van der Waals surface area contributed by atoms with Crippen molar-refractivity contribution >= 4 is 27.5 Å². The van der Waals surface area contributed by atoms with E-state index < -0.39 is 20.7 Å². The van der Waals surface area contributed by atoms with Crippen LogP contribution in [0, 0.1) is 0 Å². The molecule has 2 N–H and O–H groups in total. The largest absolute Gasteiger partial charge is 0.288 e. The molecule has 2 aliphatic carbocycles. The summed E-state index contributed by atoms with van der Waals surface area (Å²) in [4.78, 5) is 12.1. The topological polar surface area (TPSA) is 95.1 Å². The highest BCUT2D eigenvalue weighted by Gasteiger charge is 2.31. The number of rotatable bonds is 2. The number of benzene rings is 1. The lowest BCUT2D eigenvalue weighted by Crippen LogP contribution is -2.30. The second-order valence-corrected chi connectivity index (χ2v) is 6.77. The van der Waals surface area contributed by atoms with Crippen LogP contribution < -0.4 is 15.7 Å². The summed E-state index contributed by atoms with van der Waals surface area (Å²) in [5.74, 6) is -0.590. The number of hydrogen-bond donors (Lipinski definition) is 1. The van der Waals surface area contributed by atoms with Crippen LogP contribution in [0.5, 0.6) is 0 Å². The Morgan fingerprint density at radius 2 is 1.83 bits per heavy atom. The second kappa shape index (κ2) is 4.61. The van der Waals surface area contributed by atoms with Gasteiger partial charge in [0.2, 0.25) is 15.8 Å². The Morgan fingerprint density at radius 3 is 2.52 bits per heavy atom. The number of hydrogen-bond acceptors (Lipinski definition) is 4. The molecule has 1 aromatic carbocycles. The monoisotopic (exact) mass is 325 g/mol. The van der Waals surface area contributed by atoms with E-state index in [1.165, 1.54) is 6.08 Å². The van der Waals surface area contributed by atoms with Gasteiger partial charge in [0.1, 0.15) is 4.91 Å². The van der Waals surface area contributed by atoms with Crippen molar-refractivity contribution in [2.45, 2.75) is 0 Å². The van der Waals surface area contributed by atoms with E-state index in [2.05, 4.69) is 5.10 Å². The quantitative estimate of drug-likeness (QED) is 0.805. The van der Waals surface area contributed by atoms with Crippen LogP contribution in [0.3, 0.4) is 0 Å². The standard InChI is InChI=1S/C16H11N3O3S/c17-23(21,22)14-7-6-10-8-13-12(15(10)16(14)20)9-18-19(13)11-4-2-1-3-5-11/h1-9H,(H2,17,21,22). The average molecular weight is 325 g/mol. The minimum absolute atomic E-state index is 0.328. The third kappa shape index (κ3) is 2.01. The van der Waals surface area contributed by atoms with Crippen LogP contribution >= 0.6 is 0 Å². The molecule has 1 aromatic heterocycles. The zero-order valence-electron chi connectivity index (χ0n) is 11.8. The zero-order valence-corrected chi connectivity index (χ0v) is 12.6. The lowest BCUT2D eigenvalue weighted by molar-refractivity contribution is -0.110. The van der Waals surface area contributed by atoms with E-state index in [0.29, 0.717) is 16.4 Å². The van der Waals surface area contributed by atoms with E-state index in [-0.39, 0.29) is 0 Å². The van der Waals surface area contributed by atoms with Crippen molar-refractivity contribution in [2.75, 3.05) is 0 Å². The van der Waals surface area contributed by atoms with Gasteiger partial charge in [-0.15, -0.1) is 0 Å². The van der Waals surface area contributed by atoms with E-state index in [9.17, 15) is 13.2 Å². The molecule has 2 aromatic rings. The molecule has 0 spiro atoms. The number of nitrogens with two attached hydrogens (primary N) is 1.